The van der Waals surface area contributed by atoms with Crippen molar-refractivity contribution in [2.24, 2.45) is 0 Å². The number of carbonyl (C=O) groups excluding carboxylic acids is 1. The summed E-state index contributed by atoms with van der Waals surface area (Å²) in [5, 5.41) is 5.65. The van der Waals surface area contributed by atoms with Gasteiger partial charge in [0.1, 0.15) is 5.01 Å². The number of rotatable bonds is 1. The minimum Gasteiger partial charge on any atom is -0.348 e. The molecule has 2 aromatic rings. The van der Waals surface area contributed by atoms with Gasteiger partial charge in [0.2, 0.25) is 0 Å². The standard InChI is InChI=1S/C11H8N2OS/c14-10-9-7(6-13-10)2-1-3-8(9)11-12-4-5-15-11/h1-5H,6H2,(H,13,14). The molecule has 0 aliphatic carbocycles. The monoisotopic (exact) mass is 216 g/mol. The Morgan fingerprint density at radius 1 is 1.40 bits per heavy atom. The second-order valence-corrected chi connectivity index (χ2v) is 4.25. The molecule has 3 rings (SSSR count). The Labute approximate surface area is 90.8 Å². The Kier molecular flexibility index (Phi) is 1.82. The Balaban J connectivity index is 2.26. The molecule has 3 nitrogen and oxygen atoms in total. The summed E-state index contributed by atoms with van der Waals surface area (Å²) in [6.45, 7) is 0.632. The second-order valence-electron chi connectivity index (χ2n) is 3.36. The number of thiazole rings is 1. The van der Waals surface area contributed by atoms with Crippen LogP contribution in [-0.2, 0) is 6.54 Å². The zero-order chi connectivity index (χ0) is 10.3. The molecule has 0 saturated heterocycles. The van der Waals surface area contributed by atoms with Crippen LogP contribution in [0.3, 0.4) is 0 Å². The van der Waals surface area contributed by atoms with Gasteiger partial charge in [0, 0.05) is 23.7 Å². The Morgan fingerprint density at radius 3 is 3.13 bits per heavy atom. The van der Waals surface area contributed by atoms with Crippen molar-refractivity contribution < 1.29 is 4.79 Å². The predicted molar refractivity (Wildman–Crippen MR) is 58.7 cm³/mol. The van der Waals surface area contributed by atoms with Crippen LogP contribution in [0, 0.1) is 0 Å². The van der Waals surface area contributed by atoms with Crippen molar-refractivity contribution in [1.29, 1.82) is 0 Å². The highest BCUT2D eigenvalue weighted by Crippen LogP contribution is 2.30. The molecule has 1 aromatic carbocycles. The lowest BCUT2D eigenvalue weighted by atomic mass is 10.0. The van der Waals surface area contributed by atoms with Gasteiger partial charge in [0.25, 0.3) is 5.91 Å². The van der Waals surface area contributed by atoms with E-state index in [2.05, 4.69) is 10.3 Å². The third-order valence-corrected chi connectivity index (χ3v) is 3.29. The van der Waals surface area contributed by atoms with Gasteiger partial charge in [-0.05, 0) is 5.56 Å². The Bertz CT molecular complexity index is 519. The number of nitrogens with zero attached hydrogens (tertiary/aromatic N) is 1. The lowest BCUT2D eigenvalue weighted by molar-refractivity contribution is 0.0966. The van der Waals surface area contributed by atoms with E-state index in [1.54, 1.807) is 17.5 Å². The van der Waals surface area contributed by atoms with Gasteiger partial charge in [-0.3, -0.25) is 4.79 Å². The first-order chi connectivity index (χ1) is 7.36. The summed E-state index contributed by atoms with van der Waals surface area (Å²) in [5.41, 5.74) is 2.79. The maximum atomic E-state index is 11.6. The molecule has 0 fully saturated rings. The van der Waals surface area contributed by atoms with E-state index in [1.165, 1.54) is 0 Å². The highest BCUT2D eigenvalue weighted by Gasteiger charge is 2.23. The summed E-state index contributed by atoms with van der Waals surface area (Å²) >= 11 is 1.55. The number of carbonyl (C=O) groups is 1. The van der Waals surface area contributed by atoms with Crippen LogP contribution in [0.4, 0.5) is 0 Å². The third-order valence-electron chi connectivity index (χ3n) is 2.48. The second kappa shape index (κ2) is 3.17. The van der Waals surface area contributed by atoms with Crippen molar-refractivity contribution in [3.05, 3.63) is 40.9 Å². The van der Waals surface area contributed by atoms with Gasteiger partial charge in [-0.1, -0.05) is 18.2 Å². The van der Waals surface area contributed by atoms with Crippen LogP contribution in [0.2, 0.25) is 0 Å². The van der Waals surface area contributed by atoms with Crippen LogP contribution in [-0.4, -0.2) is 10.9 Å². The highest BCUT2D eigenvalue weighted by atomic mass is 32.1. The van der Waals surface area contributed by atoms with E-state index in [4.69, 9.17) is 0 Å². The summed E-state index contributed by atoms with van der Waals surface area (Å²) in [5.74, 6) is 0.0100. The van der Waals surface area contributed by atoms with E-state index in [1.807, 2.05) is 23.6 Å². The largest absolute Gasteiger partial charge is 0.348 e. The highest BCUT2D eigenvalue weighted by molar-refractivity contribution is 7.13. The first-order valence-corrected chi connectivity index (χ1v) is 5.54. The molecule has 15 heavy (non-hydrogen) atoms. The van der Waals surface area contributed by atoms with Crippen LogP contribution >= 0.6 is 11.3 Å². The third kappa shape index (κ3) is 1.26. The molecule has 0 radical (unpaired) electrons. The first kappa shape index (κ1) is 8.61. The fraction of sp³-hybridized carbons (Fsp3) is 0.0909. The molecule has 1 aliphatic heterocycles. The number of amides is 1. The van der Waals surface area contributed by atoms with Crippen molar-refractivity contribution in [1.82, 2.24) is 10.3 Å². The summed E-state index contributed by atoms with van der Waals surface area (Å²) in [7, 11) is 0. The molecule has 1 amide bonds. The fourth-order valence-corrected chi connectivity index (χ4v) is 2.48. The molecule has 0 saturated carbocycles. The minimum absolute atomic E-state index is 0.0100. The van der Waals surface area contributed by atoms with E-state index in [-0.39, 0.29) is 5.91 Å². The molecule has 0 atom stereocenters. The number of benzene rings is 1. The van der Waals surface area contributed by atoms with Gasteiger partial charge in [0.15, 0.2) is 0 Å². The Morgan fingerprint density at radius 2 is 2.33 bits per heavy atom. The van der Waals surface area contributed by atoms with E-state index >= 15 is 0 Å². The molecule has 4 heteroatoms. The molecular weight excluding hydrogens is 208 g/mol. The topological polar surface area (TPSA) is 42.0 Å². The van der Waals surface area contributed by atoms with Crippen molar-refractivity contribution >= 4 is 17.2 Å². The molecule has 1 N–H and O–H groups in total. The number of fused-ring (bicyclic) bond motifs is 1. The van der Waals surface area contributed by atoms with Crippen molar-refractivity contribution in [3.8, 4) is 10.6 Å². The summed E-state index contributed by atoms with van der Waals surface area (Å²) in [4.78, 5) is 15.9. The molecule has 0 bridgehead atoms. The normalized spacial score (nSPS) is 13.7. The van der Waals surface area contributed by atoms with Crippen LogP contribution < -0.4 is 5.32 Å². The first-order valence-electron chi connectivity index (χ1n) is 4.66. The van der Waals surface area contributed by atoms with Crippen LogP contribution in [0.5, 0.6) is 0 Å². The minimum atomic E-state index is 0.0100. The lowest BCUT2D eigenvalue weighted by Gasteiger charge is -2.02. The van der Waals surface area contributed by atoms with Crippen LogP contribution in [0.1, 0.15) is 15.9 Å². The summed E-state index contributed by atoms with van der Waals surface area (Å²) < 4.78 is 0. The SMILES string of the molecule is O=C1NCc2cccc(-c3nccs3)c21. The molecular formula is C11H8N2OS. The zero-order valence-electron chi connectivity index (χ0n) is 7.86. The van der Waals surface area contributed by atoms with Crippen molar-refractivity contribution in [3.63, 3.8) is 0 Å². The molecule has 0 unspecified atom stereocenters. The molecule has 2 heterocycles. The quantitative estimate of drug-likeness (QED) is 0.792. The summed E-state index contributed by atoms with van der Waals surface area (Å²) in [6, 6.07) is 5.89. The van der Waals surface area contributed by atoms with Gasteiger partial charge in [-0.2, -0.15) is 0 Å². The van der Waals surface area contributed by atoms with E-state index in [0.29, 0.717) is 6.54 Å². The van der Waals surface area contributed by atoms with Gasteiger partial charge in [-0.15, -0.1) is 11.3 Å². The van der Waals surface area contributed by atoms with Crippen molar-refractivity contribution in [2.45, 2.75) is 6.54 Å². The number of hydrogen-bond acceptors (Lipinski definition) is 3. The van der Waals surface area contributed by atoms with E-state index in [0.717, 1.165) is 21.7 Å². The Hall–Kier alpha value is -1.68. The predicted octanol–water partition coefficient (Wildman–Crippen LogP) is 2.05. The zero-order valence-corrected chi connectivity index (χ0v) is 8.67. The van der Waals surface area contributed by atoms with Gasteiger partial charge in [-0.25, -0.2) is 4.98 Å². The average molecular weight is 216 g/mol. The van der Waals surface area contributed by atoms with Gasteiger partial charge >= 0.3 is 0 Å². The number of hydrogen-bond donors (Lipinski definition) is 1. The maximum absolute atomic E-state index is 11.6. The number of nitrogens with one attached hydrogen (secondary N) is 1. The molecule has 1 aliphatic rings. The molecule has 0 spiro atoms. The molecule has 1 aromatic heterocycles. The van der Waals surface area contributed by atoms with Gasteiger partial charge in [0.05, 0.1) is 5.56 Å². The number of aromatic nitrogens is 1. The average Bonchev–Trinajstić information content (AvgIpc) is 2.88. The maximum Gasteiger partial charge on any atom is 0.252 e. The summed E-state index contributed by atoms with van der Waals surface area (Å²) in [6.07, 6.45) is 1.76. The van der Waals surface area contributed by atoms with E-state index in [9.17, 15) is 4.79 Å². The molecule has 74 valence electrons. The van der Waals surface area contributed by atoms with Crippen LogP contribution in [0.25, 0.3) is 10.6 Å². The smallest absolute Gasteiger partial charge is 0.252 e. The van der Waals surface area contributed by atoms with Crippen LogP contribution in [0.15, 0.2) is 29.8 Å². The lowest BCUT2D eigenvalue weighted by Crippen LogP contribution is -2.13. The van der Waals surface area contributed by atoms with Crippen molar-refractivity contribution in [2.75, 3.05) is 0 Å². The van der Waals surface area contributed by atoms with Gasteiger partial charge < -0.3 is 5.32 Å². The van der Waals surface area contributed by atoms with E-state index < -0.39 is 0 Å². The fourth-order valence-electron chi connectivity index (χ4n) is 1.81.